The Morgan fingerprint density at radius 3 is 2.54 bits per heavy atom. The summed E-state index contributed by atoms with van der Waals surface area (Å²) >= 11 is 3.29. The molecule has 3 aromatic rings. The molecule has 7 nitrogen and oxygen atoms in total. The first-order valence-electron chi connectivity index (χ1n) is 12.2. The molecule has 2 atom stereocenters. The molecule has 2 fully saturated rings. The van der Waals surface area contributed by atoms with Crippen LogP contribution in [0.1, 0.15) is 13.3 Å². The minimum absolute atomic E-state index is 0.337. The number of ether oxygens (including phenoxy) is 2. The monoisotopic (exact) mass is 543 g/mol. The van der Waals surface area contributed by atoms with E-state index in [1.807, 2.05) is 12.1 Å². The molecule has 0 radical (unpaired) electrons. The highest BCUT2D eigenvalue weighted by Gasteiger charge is 2.38. The van der Waals surface area contributed by atoms with Gasteiger partial charge in [-0.3, -0.25) is 0 Å². The lowest BCUT2D eigenvalue weighted by atomic mass is 10.0. The number of rotatable bonds is 9. The molecule has 0 saturated carbocycles. The maximum atomic E-state index is 14.4. The van der Waals surface area contributed by atoms with Crippen LogP contribution in [0.5, 0.6) is 11.5 Å². The molecule has 2 unspecified atom stereocenters. The topological polar surface area (TPSA) is 62.8 Å². The van der Waals surface area contributed by atoms with Gasteiger partial charge in [-0.2, -0.15) is 0 Å². The molecule has 2 aromatic carbocycles. The van der Waals surface area contributed by atoms with E-state index in [9.17, 15) is 4.39 Å². The van der Waals surface area contributed by atoms with Gasteiger partial charge >= 0.3 is 0 Å². The molecule has 1 N–H and O–H groups in total. The summed E-state index contributed by atoms with van der Waals surface area (Å²) in [4.78, 5) is 13.8. The van der Waals surface area contributed by atoms with E-state index in [-0.39, 0.29) is 5.82 Å². The average molecular weight is 544 g/mol. The predicted molar refractivity (Wildman–Crippen MR) is 139 cm³/mol. The second kappa shape index (κ2) is 10.6. The SMILES string of the molecule is CCN1CC2CN(CCCOc3cc4c(Nc5ccc(Br)cc5F)ncnc4cc3OC)CC2C1. The van der Waals surface area contributed by atoms with E-state index in [1.54, 1.807) is 19.2 Å². The Labute approximate surface area is 213 Å². The van der Waals surface area contributed by atoms with Gasteiger partial charge in [-0.1, -0.05) is 22.9 Å². The van der Waals surface area contributed by atoms with Crippen LogP contribution in [0.4, 0.5) is 15.9 Å². The molecule has 35 heavy (non-hydrogen) atoms. The van der Waals surface area contributed by atoms with Crippen LogP contribution in [0, 0.1) is 17.7 Å². The Balaban J connectivity index is 1.24. The van der Waals surface area contributed by atoms with Crippen LogP contribution >= 0.6 is 15.9 Å². The fourth-order valence-electron chi connectivity index (χ4n) is 5.25. The van der Waals surface area contributed by atoms with Crippen molar-refractivity contribution in [1.82, 2.24) is 19.8 Å². The van der Waals surface area contributed by atoms with Crippen molar-refractivity contribution in [3.05, 3.63) is 46.9 Å². The third-order valence-corrected chi connectivity index (χ3v) is 7.56. The number of anilines is 2. The van der Waals surface area contributed by atoms with Gasteiger partial charge in [0, 0.05) is 48.6 Å². The first-order chi connectivity index (χ1) is 17.0. The number of likely N-dealkylation sites (tertiary alicyclic amines) is 2. The molecular formula is C26H31BrFN5O2. The van der Waals surface area contributed by atoms with Crippen LogP contribution in [0.2, 0.25) is 0 Å². The van der Waals surface area contributed by atoms with E-state index >= 15 is 0 Å². The fraction of sp³-hybridized carbons (Fsp3) is 0.462. The largest absolute Gasteiger partial charge is 0.493 e. The average Bonchev–Trinajstić information content (AvgIpc) is 3.42. The highest BCUT2D eigenvalue weighted by molar-refractivity contribution is 9.10. The maximum Gasteiger partial charge on any atom is 0.162 e. The first kappa shape index (κ1) is 24.2. The summed E-state index contributed by atoms with van der Waals surface area (Å²) in [5.74, 6) is 3.02. The van der Waals surface area contributed by atoms with Crippen molar-refractivity contribution in [1.29, 1.82) is 0 Å². The van der Waals surface area contributed by atoms with E-state index in [4.69, 9.17) is 9.47 Å². The van der Waals surface area contributed by atoms with Crippen molar-refractivity contribution in [2.45, 2.75) is 13.3 Å². The van der Waals surface area contributed by atoms with Crippen molar-refractivity contribution >= 4 is 38.3 Å². The highest BCUT2D eigenvalue weighted by atomic mass is 79.9. The minimum atomic E-state index is -0.371. The van der Waals surface area contributed by atoms with Crippen LogP contribution in [0.3, 0.4) is 0 Å². The molecule has 186 valence electrons. The summed E-state index contributed by atoms with van der Waals surface area (Å²) in [6.45, 7) is 9.91. The normalized spacial score (nSPS) is 20.3. The summed E-state index contributed by atoms with van der Waals surface area (Å²) < 4.78 is 26.8. The third kappa shape index (κ3) is 5.37. The number of hydrogen-bond donors (Lipinski definition) is 1. The second-order valence-electron chi connectivity index (χ2n) is 9.33. The maximum absolute atomic E-state index is 14.4. The van der Waals surface area contributed by atoms with E-state index in [1.165, 1.54) is 38.6 Å². The molecule has 5 rings (SSSR count). The summed E-state index contributed by atoms with van der Waals surface area (Å²) in [5.41, 5.74) is 1.03. The molecule has 9 heteroatoms. The van der Waals surface area contributed by atoms with Gasteiger partial charge in [0.1, 0.15) is 18.0 Å². The van der Waals surface area contributed by atoms with Crippen molar-refractivity contribution in [3.8, 4) is 11.5 Å². The standard InChI is InChI=1S/C26H31BrFN5O2/c1-3-32-12-17-14-33(15-18(17)13-32)7-4-8-35-25-10-20-23(11-24(25)34-2)29-16-30-26(20)31-22-6-5-19(27)9-21(22)28/h5-6,9-11,16-18H,3-4,7-8,12-15H2,1-2H3,(H,29,30,31). The fourth-order valence-corrected chi connectivity index (χ4v) is 5.59. The molecule has 3 heterocycles. The van der Waals surface area contributed by atoms with Gasteiger partial charge < -0.3 is 24.6 Å². The van der Waals surface area contributed by atoms with Crippen molar-refractivity contribution < 1.29 is 13.9 Å². The minimum Gasteiger partial charge on any atom is -0.493 e. The molecule has 1 aromatic heterocycles. The number of nitrogens with zero attached hydrogens (tertiary/aromatic N) is 4. The van der Waals surface area contributed by atoms with Gasteiger partial charge in [0.05, 0.1) is 24.9 Å². The summed E-state index contributed by atoms with van der Waals surface area (Å²) in [6, 6.07) is 8.56. The number of halogens is 2. The van der Waals surface area contributed by atoms with Gasteiger partial charge in [0.15, 0.2) is 11.5 Å². The lowest BCUT2D eigenvalue weighted by Crippen LogP contribution is -2.29. The molecule has 0 aliphatic carbocycles. The molecule has 2 aliphatic heterocycles. The first-order valence-corrected chi connectivity index (χ1v) is 13.0. The molecule has 0 bridgehead atoms. The Kier molecular flexibility index (Phi) is 7.36. The Morgan fingerprint density at radius 1 is 1.06 bits per heavy atom. The third-order valence-electron chi connectivity index (χ3n) is 7.07. The van der Waals surface area contributed by atoms with E-state index < -0.39 is 0 Å². The number of aromatic nitrogens is 2. The second-order valence-corrected chi connectivity index (χ2v) is 10.2. The van der Waals surface area contributed by atoms with E-state index in [2.05, 4.69) is 47.9 Å². The number of hydrogen-bond acceptors (Lipinski definition) is 7. The van der Waals surface area contributed by atoms with Crippen LogP contribution < -0.4 is 14.8 Å². The zero-order valence-corrected chi connectivity index (χ0v) is 21.7. The van der Waals surface area contributed by atoms with Crippen LogP contribution in [-0.4, -0.2) is 72.8 Å². The van der Waals surface area contributed by atoms with Crippen molar-refractivity contribution in [3.63, 3.8) is 0 Å². The summed E-state index contributed by atoms with van der Waals surface area (Å²) in [5, 5.41) is 3.82. The Bertz CT molecular complexity index is 1180. The Hall–Kier alpha value is -2.49. The number of nitrogens with one attached hydrogen (secondary N) is 1. The zero-order chi connectivity index (χ0) is 24.4. The highest BCUT2D eigenvalue weighted by Crippen LogP contribution is 2.35. The number of fused-ring (bicyclic) bond motifs is 2. The van der Waals surface area contributed by atoms with Crippen molar-refractivity contribution in [2.24, 2.45) is 11.8 Å². The van der Waals surface area contributed by atoms with Crippen LogP contribution in [0.15, 0.2) is 41.1 Å². The molecule has 0 amide bonds. The molecule has 0 spiro atoms. The number of benzene rings is 2. The number of methoxy groups -OCH3 is 1. The quantitative estimate of drug-likeness (QED) is 0.383. The van der Waals surface area contributed by atoms with Crippen LogP contribution in [0.25, 0.3) is 10.9 Å². The predicted octanol–water partition coefficient (Wildman–Crippen LogP) is 4.94. The lowest BCUT2D eigenvalue weighted by Gasteiger charge is -2.20. The molecular weight excluding hydrogens is 513 g/mol. The molecule has 2 aliphatic rings. The van der Waals surface area contributed by atoms with Gasteiger partial charge in [0.25, 0.3) is 0 Å². The van der Waals surface area contributed by atoms with E-state index in [0.29, 0.717) is 39.6 Å². The lowest BCUT2D eigenvalue weighted by molar-refractivity contribution is 0.231. The summed E-state index contributed by atoms with van der Waals surface area (Å²) in [6.07, 6.45) is 2.39. The van der Waals surface area contributed by atoms with Gasteiger partial charge in [-0.05, 0) is 49.1 Å². The van der Waals surface area contributed by atoms with Crippen molar-refractivity contribution in [2.75, 3.05) is 58.3 Å². The van der Waals surface area contributed by atoms with Gasteiger partial charge in [-0.15, -0.1) is 0 Å². The zero-order valence-electron chi connectivity index (χ0n) is 20.1. The Morgan fingerprint density at radius 2 is 1.83 bits per heavy atom. The molecule has 2 saturated heterocycles. The smallest absolute Gasteiger partial charge is 0.162 e. The van der Waals surface area contributed by atoms with E-state index in [0.717, 1.165) is 36.7 Å². The van der Waals surface area contributed by atoms with Crippen LogP contribution in [-0.2, 0) is 0 Å². The van der Waals surface area contributed by atoms with Gasteiger partial charge in [0.2, 0.25) is 0 Å². The van der Waals surface area contributed by atoms with Gasteiger partial charge in [-0.25, -0.2) is 14.4 Å². The summed E-state index contributed by atoms with van der Waals surface area (Å²) in [7, 11) is 1.62.